The highest BCUT2D eigenvalue weighted by atomic mass is 19.1. The molecule has 8 heteroatoms. The largest absolute Gasteiger partial charge is 0.497 e. The van der Waals surface area contributed by atoms with Crippen LogP contribution in [0.1, 0.15) is 5.56 Å². The molecule has 0 amide bonds. The van der Waals surface area contributed by atoms with Gasteiger partial charge in [0, 0.05) is 11.5 Å². The van der Waals surface area contributed by atoms with Gasteiger partial charge >= 0.3 is 11.2 Å². The van der Waals surface area contributed by atoms with Crippen molar-refractivity contribution < 1.29 is 9.13 Å². The summed E-state index contributed by atoms with van der Waals surface area (Å²) in [5.74, 6) is 0.244. The van der Waals surface area contributed by atoms with Crippen LogP contribution in [0.15, 0.2) is 57.2 Å². The minimum absolute atomic E-state index is 0.226. The number of ether oxygens (including phenoxy) is 1. The van der Waals surface area contributed by atoms with Gasteiger partial charge in [0.2, 0.25) is 0 Å². The van der Waals surface area contributed by atoms with Gasteiger partial charge in [0.05, 0.1) is 24.4 Å². The molecule has 0 bridgehead atoms. The van der Waals surface area contributed by atoms with Gasteiger partial charge in [0.25, 0.3) is 0 Å². The van der Waals surface area contributed by atoms with Crippen LogP contribution in [-0.4, -0.2) is 28.0 Å². The van der Waals surface area contributed by atoms with Crippen molar-refractivity contribution in [3.8, 4) is 5.75 Å². The van der Waals surface area contributed by atoms with E-state index in [1.807, 2.05) is 0 Å². The summed E-state index contributed by atoms with van der Waals surface area (Å²) in [4.78, 5) is 30.6. The van der Waals surface area contributed by atoms with Gasteiger partial charge in [0.1, 0.15) is 17.1 Å². The molecule has 26 heavy (non-hydrogen) atoms. The number of H-pyrrole nitrogens is 2. The van der Waals surface area contributed by atoms with Crippen molar-refractivity contribution in [3.63, 3.8) is 0 Å². The molecule has 2 heterocycles. The molecule has 4 aromatic rings. The molecule has 0 fully saturated rings. The number of hydrogen-bond acceptors (Lipinski definition) is 4. The lowest BCUT2D eigenvalue weighted by Crippen LogP contribution is -2.32. The normalized spacial score (nSPS) is 11.6. The van der Waals surface area contributed by atoms with Crippen molar-refractivity contribution in [1.29, 1.82) is 0 Å². The minimum atomic E-state index is -0.669. The summed E-state index contributed by atoms with van der Waals surface area (Å²) in [6, 6.07) is 10.8. The van der Waals surface area contributed by atoms with Crippen molar-refractivity contribution in [1.82, 2.24) is 14.6 Å². The number of nitrogens with one attached hydrogen (secondary N) is 2. The zero-order chi connectivity index (χ0) is 18.3. The summed E-state index contributed by atoms with van der Waals surface area (Å²) < 4.78 is 18.8. The predicted molar refractivity (Wildman–Crippen MR) is 96.6 cm³/mol. The molecule has 4 rings (SSSR count). The fraction of sp³-hybridized carbons (Fsp3) is 0.0556. The molecule has 0 spiro atoms. The Morgan fingerprint density at radius 3 is 2.58 bits per heavy atom. The number of rotatable bonds is 3. The molecule has 2 aromatic heterocycles. The Labute approximate surface area is 145 Å². The third-order valence-electron chi connectivity index (χ3n) is 4.03. The average molecular weight is 352 g/mol. The van der Waals surface area contributed by atoms with Crippen molar-refractivity contribution in [2.45, 2.75) is 0 Å². The molecule has 130 valence electrons. The monoisotopic (exact) mass is 352 g/mol. The summed E-state index contributed by atoms with van der Waals surface area (Å²) >= 11 is 0. The minimum Gasteiger partial charge on any atom is -0.497 e. The summed E-state index contributed by atoms with van der Waals surface area (Å²) in [7, 11) is 1.54. The van der Waals surface area contributed by atoms with Crippen LogP contribution in [0.25, 0.3) is 21.9 Å². The molecular weight excluding hydrogens is 339 g/mol. The number of nitrogens with zero attached hydrogens (tertiary/aromatic N) is 2. The van der Waals surface area contributed by atoms with E-state index in [1.54, 1.807) is 25.3 Å². The van der Waals surface area contributed by atoms with E-state index in [2.05, 4.69) is 15.1 Å². The van der Waals surface area contributed by atoms with E-state index in [1.165, 1.54) is 30.5 Å². The first kappa shape index (κ1) is 15.8. The molecular formula is C18H13FN4O3. The number of aromatic amines is 2. The van der Waals surface area contributed by atoms with Crippen molar-refractivity contribution >= 4 is 28.2 Å². The first-order valence-corrected chi connectivity index (χ1v) is 7.71. The van der Waals surface area contributed by atoms with Crippen molar-refractivity contribution in [2.24, 2.45) is 5.10 Å². The lowest BCUT2D eigenvalue weighted by Gasteiger charge is -1.99. The van der Waals surface area contributed by atoms with Crippen LogP contribution in [0.2, 0.25) is 0 Å². The average Bonchev–Trinajstić information content (AvgIpc) is 3.01. The van der Waals surface area contributed by atoms with Gasteiger partial charge in [-0.15, -0.1) is 4.68 Å². The third kappa shape index (κ3) is 2.57. The molecule has 0 atom stereocenters. The molecule has 0 aliphatic rings. The fourth-order valence-corrected chi connectivity index (χ4v) is 2.73. The number of halogens is 1. The Morgan fingerprint density at radius 1 is 1.08 bits per heavy atom. The predicted octanol–water partition coefficient (Wildman–Crippen LogP) is 2.20. The molecule has 0 aliphatic heterocycles. The maximum atomic E-state index is 12.9. The van der Waals surface area contributed by atoms with Gasteiger partial charge in [-0.1, -0.05) is 12.1 Å². The Morgan fingerprint density at radius 2 is 1.85 bits per heavy atom. The highest BCUT2D eigenvalue weighted by Gasteiger charge is 2.13. The molecule has 0 saturated heterocycles. The number of aromatic nitrogens is 3. The first-order valence-electron chi connectivity index (χ1n) is 7.71. The molecule has 2 N–H and O–H groups in total. The van der Waals surface area contributed by atoms with Gasteiger partial charge in [-0.05, 0) is 29.8 Å². The zero-order valence-electron chi connectivity index (χ0n) is 13.6. The Hall–Kier alpha value is -3.68. The van der Waals surface area contributed by atoms with Gasteiger partial charge in [-0.2, -0.15) is 5.10 Å². The SMILES string of the molecule is COc1ccc2c(c1)[nH]c1c(=O)n(/N=C/c3ccc(F)cc3)c(=O)[nH]c12. The third-order valence-corrected chi connectivity index (χ3v) is 4.03. The summed E-state index contributed by atoms with van der Waals surface area (Å²) in [5, 5.41) is 4.63. The fourth-order valence-electron chi connectivity index (χ4n) is 2.73. The Balaban J connectivity index is 1.88. The summed E-state index contributed by atoms with van der Waals surface area (Å²) in [6.45, 7) is 0. The van der Waals surface area contributed by atoms with E-state index < -0.39 is 11.2 Å². The van der Waals surface area contributed by atoms with Gasteiger partial charge in [-0.3, -0.25) is 4.79 Å². The van der Waals surface area contributed by atoms with Gasteiger partial charge in [-0.25, -0.2) is 9.18 Å². The molecule has 0 aliphatic carbocycles. The van der Waals surface area contributed by atoms with Crippen LogP contribution in [0.4, 0.5) is 4.39 Å². The number of hydrogen-bond donors (Lipinski definition) is 2. The highest BCUT2D eigenvalue weighted by molar-refractivity contribution is 6.04. The van der Waals surface area contributed by atoms with Gasteiger partial charge in [0.15, 0.2) is 0 Å². The van der Waals surface area contributed by atoms with E-state index in [0.717, 1.165) is 4.68 Å². The Kier molecular flexibility index (Phi) is 3.65. The van der Waals surface area contributed by atoms with E-state index in [0.29, 0.717) is 27.7 Å². The summed E-state index contributed by atoms with van der Waals surface area (Å²) in [6.07, 6.45) is 1.31. The molecule has 2 aromatic carbocycles. The Bertz CT molecular complexity index is 1270. The number of methoxy groups -OCH3 is 1. The van der Waals surface area contributed by atoms with Crippen LogP contribution < -0.4 is 16.0 Å². The van der Waals surface area contributed by atoms with Crippen molar-refractivity contribution in [3.05, 3.63) is 74.7 Å². The van der Waals surface area contributed by atoms with Crippen LogP contribution in [0, 0.1) is 5.82 Å². The van der Waals surface area contributed by atoms with E-state index in [9.17, 15) is 14.0 Å². The second-order valence-electron chi connectivity index (χ2n) is 5.63. The number of fused-ring (bicyclic) bond motifs is 3. The highest BCUT2D eigenvalue weighted by Crippen LogP contribution is 2.24. The maximum absolute atomic E-state index is 12.9. The lowest BCUT2D eigenvalue weighted by atomic mass is 10.2. The smallest absolute Gasteiger partial charge is 0.350 e. The molecule has 0 unspecified atom stereocenters. The number of benzene rings is 2. The van der Waals surface area contributed by atoms with E-state index >= 15 is 0 Å². The van der Waals surface area contributed by atoms with Crippen LogP contribution in [0.3, 0.4) is 0 Å². The maximum Gasteiger partial charge on any atom is 0.350 e. The second-order valence-corrected chi connectivity index (χ2v) is 5.63. The first-order chi connectivity index (χ1) is 12.6. The van der Waals surface area contributed by atoms with Crippen LogP contribution >= 0.6 is 0 Å². The topological polar surface area (TPSA) is 92.2 Å². The standard InChI is InChI=1S/C18H13FN4O3/c1-26-12-6-7-13-14(8-12)21-16-15(13)22-18(25)23(17(16)24)20-9-10-2-4-11(19)5-3-10/h2-9,21H,1H3,(H,22,25)/b20-9+. The molecule has 0 radical (unpaired) electrons. The lowest BCUT2D eigenvalue weighted by molar-refractivity contribution is 0.415. The quantitative estimate of drug-likeness (QED) is 0.554. The van der Waals surface area contributed by atoms with Crippen molar-refractivity contribution in [2.75, 3.05) is 7.11 Å². The van der Waals surface area contributed by atoms with Crippen LogP contribution in [0.5, 0.6) is 5.75 Å². The van der Waals surface area contributed by atoms with Crippen LogP contribution in [-0.2, 0) is 0 Å². The second kappa shape index (κ2) is 5.99. The van der Waals surface area contributed by atoms with E-state index in [4.69, 9.17) is 4.74 Å². The molecule has 0 saturated carbocycles. The van der Waals surface area contributed by atoms with E-state index in [-0.39, 0.29) is 11.3 Å². The zero-order valence-corrected chi connectivity index (χ0v) is 13.6. The van der Waals surface area contributed by atoms with Gasteiger partial charge < -0.3 is 14.7 Å². The summed E-state index contributed by atoms with van der Waals surface area (Å²) in [5.41, 5.74) is 0.594. The molecule has 7 nitrogen and oxygen atoms in total.